The lowest BCUT2D eigenvalue weighted by Gasteiger charge is -2.30. The van der Waals surface area contributed by atoms with E-state index in [0.717, 1.165) is 11.1 Å². The second-order valence-corrected chi connectivity index (χ2v) is 8.99. The first-order chi connectivity index (χ1) is 18.3. The highest BCUT2D eigenvalue weighted by molar-refractivity contribution is 5.93. The number of rotatable bonds is 11. The molecule has 1 aliphatic rings. The normalized spacial score (nSPS) is 17.6. The molecule has 1 fully saturated rings. The third-order valence-electron chi connectivity index (χ3n) is 6.23. The Labute approximate surface area is 220 Å². The van der Waals surface area contributed by atoms with Gasteiger partial charge in [-0.1, -0.05) is 60.7 Å². The van der Waals surface area contributed by atoms with E-state index in [-0.39, 0.29) is 19.7 Å². The molecule has 0 bridgehead atoms. The molecule has 0 saturated carbocycles. The largest absolute Gasteiger partial charge is 0.480 e. The standard InChI is InChI=1S/C27H32N4O7/c1-19(24(33)28-22(12-15-32)26(35)36)31-14-13-30(16-20-8-4-2-5-9-20)17-23(25(31)34)29-27(37)38-18-21-10-6-3-7-11-21/h2-11,15,19,22-23H,12-14,16-18H2,1H3,(H,28,33)(H,29,37)(H,35,36)/t19-,22+,23+/m1/s1. The summed E-state index contributed by atoms with van der Waals surface area (Å²) in [5.74, 6) is -2.56. The summed E-state index contributed by atoms with van der Waals surface area (Å²) < 4.78 is 5.31. The van der Waals surface area contributed by atoms with Gasteiger partial charge in [-0.25, -0.2) is 9.59 Å². The second kappa shape index (κ2) is 13.9. The van der Waals surface area contributed by atoms with Crippen LogP contribution in [0.15, 0.2) is 60.7 Å². The van der Waals surface area contributed by atoms with E-state index in [9.17, 15) is 29.1 Å². The molecule has 38 heavy (non-hydrogen) atoms. The van der Waals surface area contributed by atoms with Gasteiger partial charge < -0.3 is 30.2 Å². The van der Waals surface area contributed by atoms with Crippen molar-refractivity contribution in [1.29, 1.82) is 0 Å². The number of benzene rings is 2. The fourth-order valence-electron chi connectivity index (χ4n) is 4.12. The summed E-state index contributed by atoms with van der Waals surface area (Å²) in [4.78, 5) is 64.5. The van der Waals surface area contributed by atoms with Crippen molar-refractivity contribution in [2.75, 3.05) is 19.6 Å². The molecule has 0 unspecified atom stereocenters. The third-order valence-corrected chi connectivity index (χ3v) is 6.23. The van der Waals surface area contributed by atoms with E-state index in [1.807, 2.05) is 65.6 Å². The predicted octanol–water partition coefficient (Wildman–Crippen LogP) is 1.17. The van der Waals surface area contributed by atoms with Gasteiger partial charge in [0, 0.05) is 32.6 Å². The Balaban J connectivity index is 1.74. The van der Waals surface area contributed by atoms with Crippen LogP contribution in [0.25, 0.3) is 0 Å². The Bertz CT molecular complexity index is 1110. The van der Waals surface area contributed by atoms with E-state index >= 15 is 0 Å². The van der Waals surface area contributed by atoms with Crippen molar-refractivity contribution in [2.45, 2.75) is 44.6 Å². The van der Waals surface area contributed by atoms with Gasteiger partial charge >= 0.3 is 12.1 Å². The minimum atomic E-state index is -1.40. The van der Waals surface area contributed by atoms with Gasteiger partial charge in [-0.15, -0.1) is 0 Å². The van der Waals surface area contributed by atoms with E-state index in [1.54, 1.807) is 0 Å². The summed E-state index contributed by atoms with van der Waals surface area (Å²) in [7, 11) is 0. The molecule has 2 aromatic rings. The van der Waals surface area contributed by atoms with E-state index in [2.05, 4.69) is 10.6 Å². The van der Waals surface area contributed by atoms with Crippen LogP contribution in [0.2, 0.25) is 0 Å². The molecule has 202 valence electrons. The van der Waals surface area contributed by atoms with Crippen molar-refractivity contribution < 1.29 is 33.8 Å². The molecular weight excluding hydrogens is 492 g/mol. The number of aliphatic carboxylic acids is 1. The average molecular weight is 525 g/mol. The molecule has 1 heterocycles. The molecule has 3 N–H and O–H groups in total. The molecule has 3 amide bonds. The summed E-state index contributed by atoms with van der Waals surface area (Å²) in [5, 5.41) is 14.2. The Hall–Kier alpha value is -4.25. The van der Waals surface area contributed by atoms with Gasteiger partial charge in [0.15, 0.2) is 0 Å². The lowest BCUT2D eigenvalue weighted by atomic mass is 10.1. The maximum absolute atomic E-state index is 13.5. The smallest absolute Gasteiger partial charge is 0.408 e. The van der Waals surface area contributed by atoms with E-state index in [0.29, 0.717) is 19.4 Å². The number of carbonyl (C=O) groups excluding carboxylic acids is 4. The van der Waals surface area contributed by atoms with Crippen LogP contribution in [0, 0.1) is 0 Å². The highest BCUT2D eigenvalue weighted by Crippen LogP contribution is 2.14. The van der Waals surface area contributed by atoms with Gasteiger partial charge in [0.25, 0.3) is 0 Å². The number of hydrogen-bond acceptors (Lipinski definition) is 7. The SMILES string of the molecule is C[C@H](C(=O)N[C@@H](CC=O)C(=O)O)N1CCN(Cc2ccccc2)C[C@H](NC(=O)OCc2ccccc2)C1=O. The lowest BCUT2D eigenvalue weighted by Crippen LogP contribution is -2.57. The van der Waals surface area contributed by atoms with Crippen LogP contribution in [-0.4, -0.2) is 82.8 Å². The summed E-state index contributed by atoms with van der Waals surface area (Å²) in [6.07, 6.45) is -0.768. The Kier molecular flexibility index (Phi) is 10.4. The van der Waals surface area contributed by atoms with Gasteiger partial charge in [0.1, 0.15) is 31.0 Å². The first kappa shape index (κ1) is 28.3. The number of ether oxygens (including phenoxy) is 1. The minimum Gasteiger partial charge on any atom is -0.480 e. The van der Waals surface area contributed by atoms with Gasteiger partial charge in [-0.2, -0.15) is 0 Å². The molecule has 11 nitrogen and oxygen atoms in total. The minimum absolute atomic E-state index is 0.0249. The number of nitrogens with zero attached hydrogens (tertiary/aromatic N) is 2. The summed E-state index contributed by atoms with van der Waals surface area (Å²) in [6, 6.07) is 15.3. The zero-order chi connectivity index (χ0) is 27.5. The maximum atomic E-state index is 13.5. The first-order valence-electron chi connectivity index (χ1n) is 12.3. The molecule has 0 aromatic heterocycles. The Morgan fingerprint density at radius 1 is 1.05 bits per heavy atom. The lowest BCUT2D eigenvalue weighted by molar-refractivity contribution is -0.145. The van der Waals surface area contributed by atoms with Crippen LogP contribution in [-0.2, 0) is 37.1 Å². The number of hydrogen-bond donors (Lipinski definition) is 3. The van der Waals surface area contributed by atoms with Crippen LogP contribution in [0.3, 0.4) is 0 Å². The van der Waals surface area contributed by atoms with E-state index < -0.39 is 48.4 Å². The Morgan fingerprint density at radius 3 is 2.29 bits per heavy atom. The van der Waals surface area contributed by atoms with Crippen LogP contribution < -0.4 is 10.6 Å². The first-order valence-corrected chi connectivity index (χ1v) is 12.3. The van der Waals surface area contributed by atoms with Gasteiger partial charge in [-0.3, -0.25) is 14.5 Å². The maximum Gasteiger partial charge on any atom is 0.408 e. The predicted molar refractivity (Wildman–Crippen MR) is 137 cm³/mol. The second-order valence-electron chi connectivity index (χ2n) is 8.99. The van der Waals surface area contributed by atoms with Crippen LogP contribution in [0.5, 0.6) is 0 Å². The van der Waals surface area contributed by atoms with Crippen molar-refractivity contribution in [3.05, 3.63) is 71.8 Å². The van der Waals surface area contributed by atoms with Crippen LogP contribution in [0.4, 0.5) is 4.79 Å². The van der Waals surface area contributed by atoms with Crippen molar-refractivity contribution in [1.82, 2.24) is 20.4 Å². The highest BCUT2D eigenvalue weighted by Gasteiger charge is 2.37. The van der Waals surface area contributed by atoms with Crippen molar-refractivity contribution in [2.24, 2.45) is 0 Å². The number of alkyl carbamates (subject to hydrolysis) is 1. The molecule has 1 saturated heterocycles. The molecule has 0 spiro atoms. The highest BCUT2D eigenvalue weighted by atomic mass is 16.5. The van der Waals surface area contributed by atoms with Gasteiger partial charge in [-0.05, 0) is 18.1 Å². The number of carboxylic acid groups (broad SMARTS) is 1. The Morgan fingerprint density at radius 2 is 1.68 bits per heavy atom. The van der Waals surface area contributed by atoms with E-state index in [4.69, 9.17) is 4.74 Å². The zero-order valence-corrected chi connectivity index (χ0v) is 21.1. The van der Waals surface area contributed by atoms with Crippen molar-refractivity contribution in [3.8, 4) is 0 Å². The third kappa shape index (κ3) is 8.13. The van der Waals surface area contributed by atoms with Gasteiger partial charge in [0.2, 0.25) is 11.8 Å². The van der Waals surface area contributed by atoms with E-state index in [1.165, 1.54) is 11.8 Å². The number of amides is 3. The van der Waals surface area contributed by atoms with Crippen LogP contribution in [0.1, 0.15) is 24.5 Å². The fourth-order valence-corrected chi connectivity index (χ4v) is 4.12. The van der Waals surface area contributed by atoms with Crippen molar-refractivity contribution >= 4 is 30.2 Å². The monoisotopic (exact) mass is 524 g/mol. The fraction of sp³-hybridized carbons (Fsp3) is 0.370. The topological polar surface area (TPSA) is 145 Å². The molecule has 3 atom stereocenters. The number of aldehydes is 1. The number of carbonyl (C=O) groups is 5. The molecule has 0 radical (unpaired) electrons. The molecule has 11 heteroatoms. The summed E-state index contributed by atoms with van der Waals surface area (Å²) >= 11 is 0. The summed E-state index contributed by atoms with van der Waals surface area (Å²) in [5.41, 5.74) is 1.80. The molecular formula is C27H32N4O7. The average Bonchev–Trinajstić information content (AvgIpc) is 3.06. The van der Waals surface area contributed by atoms with Crippen LogP contribution >= 0.6 is 0 Å². The summed E-state index contributed by atoms with van der Waals surface area (Å²) in [6.45, 7) is 2.78. The molecule has 1 aliphatic heterocycles. The molecule has 3 rings (SSSR count). The van der Waals surface area contributed by atoms with Gasteiger partial charge in [0.05, 0.1) is 0 Å². The zero-order valence-electron chi connectivity index (χ0n) is 21.1. The molecule has 2 aromatic carbocycles. The van der Waals surface area contributed by atoms with Crippen molar-refractivity contribution in [3.63, 3.8) is 0 Å². The number of nitrogens with one attached hydrogen (secondary N) is 2. The molecule has 0 aliphatic carbocycles. The number of carboxylic acids is 1. The quantitative estimate of drug-likeness (QED) is 0.372.